The van der Waals surface area contributed by atoms with Crippen molar-refractivity contribution in [1.82, 2.24) is 9.78 Å². The minimum atomic E-state index is -4.58. The Balaban J connectivity index is 1.32. The molecule has 9 heteroatoms. The maximum atomic E-state index is 13.0. The number of para-hydroxylation sites is 2. The summed E-state index contributed by atoms with van der Waals surface area (Å²) in [6.45, 7) is 0.0729. The van der Waals surface area contributed by atoms with Crippen LogP contribution in [0, 0.1) is 0 Å². The smallest absolute Gasteiger partial charge is 0.435 e. The van der Waals surface area contributed by atoms with Crippen molar-refractivity contribution in [2.45, 2.75) is 12.8 Å². The van der Waals surface area contributed by atoms with E-state index in [-0.39, 0.29) is 22.3 Å². The molecular weight excluding hydrogens is 536 g/mol. The summed E-state index contributed by atoms with van der Waals surface area (Å²) in [5.74, 6) is 2.05. The third kappa shape index (κ3) is 5.64. The molecule has 1 heterocycles. The zero-order chi connectivity index (χ0) is 26.7. The fourth-order valence-electron chi connectivity index (χ4n) is 3.81. The van der Waals surface area contributed by atoms with E-state index in [4.69, 9.17) is 32.7 Å². The lowest BCUT2D eigenvalue weighted by Crippen LogP contribution is -2.08. The van der Waals surface area contributed by atoms with Gasteiger partial charge in [0.25, 0.3) is 0 Å². The van der Waals surface area contributed by atoms with Crippen molar-refractivity contribution in [1.29, 1.82) is 0 Å². The van der Waals surface area contributed by atoms with Crippen LogP contribution < -0.4 is 9.47 Å². The topological polar surface area (TPSA) is 36.3 Å². The number of rotatable bonds is 7. The van der Waals surface area contributed by atoms with E-state index in [0.29, 0.717) is 11.3 Å². The van der Waals surface area contributed by atoms with Gasteiger partial charge in [-0.25, -0.2) is 4.68 Å². The Hall–Kier alpha value is -3.94. The molecule has 0 saturated heterocycles. The monoisotopic (exact) mass is 554 g/mol. The van der Waals surface area contributed by atoms with Gasteiger partial charge >= 0.3 is 6.18 Å². The first kappa shape index (κ1) is 25.7. The van der Waals surface area contributed by atoms with Crippen molar-refractivity contribution < 1.29 is 22.6 Å². The highest BCUT2D eigenvalue weighted by molar-refractivity contribution is 6.38. The fraction of sp³-hybridized carbons (Fsp3) is 0.0690. The molecule has 5 rings (SSSR count). The molecule has 1 aromatic heterocycles. The van der Waals surface area contributed by atoms with Gasteiger partial charge in [0.2, 0.25) is 0 Å². The maximum Gasteiger partial charge on any atom is 0.435 e. The third-order valence-corrected chi connectivity index (χ3v) is 6.40. The quantitative estimate of drug-likeness (QED) is 0.201. The molecular formula is C29H19Cl2F3N2O2. The number of alkyl halides is 3. The Bertz CT molecular complexity index is 1550. The summed E-state index contributed by atoms with van der Waals surface area (Å²) in [5.41, 5.74) is 1.51. The van der Waals surface area contributed by atoms with Crippen LogP contribution in [0.2, 0.25) is 10.0 Å². The van der Waals surface area contributed by atoms with E-state index in [1.807, 2.05) is 78.9 Å². The van der Waals surface area contributed by atoms with Gasteiger partial charge in [-0.1, -0.05) is 77.8 Å². The number of halogens is 5. The molecule has 0 saturated carbocycles. The van der Waals surface area contributed by atoms with Crippen molar-refractivity contribution in [2.75, 3.05) is 0 Å². The minimum Gasteiger partial charge on any atom is -0.489 e. The Labute approximate surface area is 226 Å². The van der Waals surface area contributed by atoms with Crippen LogP contribution in [0.1, 0.15) is 11.3 Å². The minimum absolute atomic E-state index is 0.0729. The van der Waals surface area contributed by atoms with Gasteiger partial charge in [-0.05, 0) is 48.0 Å². The van der Waals surface area contributed by atoms with Crippen LogP contribution in [-0.2, 0) is 12.8 Å². The standard InChI is InChI=1S/C29H19Cl2F3N2O2/c30-24-15-12-20(27(31)28(24)36-17-16-26(35-36)29(32,33)34)18-37-21-13-10-19(11-14-21)23-8-4-5-9-25(23)38-22-6-2-1-3-7-22/h1-17H,18H2. The largest absolute Gasteiger partial charge is 0.489 e. The van der Waals surface area contributed by atoms with Gasteiger partial charge in [0, 0.05) is 17.3 Å². The molecule has 192 valence electrons. The van der Waals surface area contributed by atoms with Gasteiger partial charge in [0.1, 0.15) is 29.5 Å². The van der Waals surface area contributed by atoms with Crippen LogP contribution >= 0.6 is 23.2 Å². The Morgan fingerprint density at radius 1 is 0.763 bits per heavy atom. The number of ether oxygens (including phenoxy) is 2. The molecule has 4 aromatic carbocycles. The predicted molar refractivity (Wildman–Crippen MR) is 141 cm³/mol. The first-order chi connectivity index (χ1) is 18.3. The van der Waals surface area contributed by atoms with Crippen molar-refractivity contribution in [2.24, 2.45) is 0 Å². The molecule has 0 atom stereocenters. The molecule has 0 aliphatic carbocycles. The van der Waals surface area contributed by atoms with Crippen molar-refractivity contribution in [3.05, 3.63) is 125 Å². The lowest BCUT2D eigenvalue weighted by atomic mass is 10.0. The summed E-state index contributed by atoms with van der Waals surface area (Å²) in [5, 5.41) is 3.89. The van der Waals surface area contributed by atoms with Crippen molar-refractivity contribution in [3.63, 3.8) is 0 Å². The Kier molecular flexibility index (Phi) is 7.31. The van der Waals surface area contributed by atoms with Crippen molar-refractivity contribution >= 4 is 23.2 Å². The molecule has 0 bridgehead atoms. The van der Waals surface area contributed by atoms with Crippen LogP contribution in [0.4, 0.5) is 13.2 Å². The second-order valence-electron chi connectivity index (χ2n) is 8.24. The first-order valence-corrected chi connectivity index (χ1v) is 12.2. The van der Waals surface area contributed by atoms with E-state index in [0.717, 1.165) is 33.4 Å². The normalized spacial score (nSPS) is 11.4. The number of nitrogens with zero attached hydrogens (tertiary/aromatic N) is 2. The zero-order valence-electron chi connectivity index (χ0n) is 19.6. The average Bonchev–Trinajstić information content (AvgIpc) is 3.40. The number of benzene rings is 4. The van der Waals surface area contributed by atoms with Crippen LogP contribution in [0.3, 0.4) is 0 Å². The fourth-order valence-corrected chi connectivity index (χ4v) is 4.40. The molecule has 38 heavy (non-hydrogen) atoms. The maximum absolute atomic E-state index is 13.0. The van der Waals surface area contributed by atoms with E-state index >= 15 is 0 Å². The summed E-state index contributed by atoms with van der Waals surface area (Å²) >= 11 is 12.7. The van der Waals surface area contributed by atoms with Crippen LogP contribution in [0.5, 0.6) is 17.2 Å². The summed E-state index contributed by atoms with van der Waals surface area (Å²) in [6.07, 6.45) is -3.41. The van der Waals surface area contributed by atoms with Gasteiger partial charge in [-0.15, -0.1) is 0 Å². The van der Waals surface area contributed by atoms with Gasteiger partial charge in [0.05, 0.1) is 10.0 Å². The average molecular weight is 555 g/mol. The molecule has 0 fully saturated rings. The predicted octanol–water partition coefficient (Wildman–Crippen LogP) is 9.24. The molecule has 4 nitrogen and oxygen atoms in total. The molecule has 0 aliphatic heterocycles. The van der Waals surface area contributed by atoms with Gasteiger partial charge < -0.3 is 9.47 Å². The van der Waals surface area contributed by atoms with Gasteiger partial charge in [-0.3, -0.25) is 0 Å². The van der Waals surface area contributed by atoms with E-state index in [2.05, 4.69) is 5.10 Å². The lowest BCUT2D eigenvalue weighted by Gasteiger charge is -2.14. The molecule has 0 radical (unpaired) electrons. The zero-order valence-corrected chi connectivity index (χ0v) is 21.1. The lowest BCUT2D eigenvalue weighted by molar-refractivity contribution is -0.141. The van der Waals surface area contributed by atoms with Gasteiger partial charge in [-0.2, -0.15) is 18.3 Å². The van der Waals surface area contributed by atoms with E-state index in [1.54, 1.807) is 12.1 Å². The highest BCUT2D eigenvalue weighted by atomic mass is 35.5. The summed E-state index contributed by atoms with van der Waals surface area (Å²) < 4.78 is 52.0. The Morgan fingerprint density at radius 2 is 1.47 bits per heavy atom. The number of hydrogen-bond acceptors (Lipinski definition) is 3. The summed E-state index contributed by atoms with van der Waals surface area (Å²) in [6, 6.07) is 28.8. The molecule has 0 unspecified atom stereocenters. The summed E-state index contributed by atoms with van der Waals surface area (Å²) in [7, 11) is 0. The van der Waals surface area contributed by atoms with Crippen molar-refractivity contribution in [3.8, 4) is 34.1 Å². The highest BCUT2D eigenvalue weighted by Crippen LogP contribution is 2.36. The van der Waals surface area contributed by atoms with Crippen LogP contribution in [0.25, 0.3) is 16.8 Å². The molecule has 0 N–H and O–H groups in total. The molecule has 0 spiro atoms. The number of hydrogen-bond donors (Lipinski definition) is 0. The molecule has 0 amide bonds. The SMILES string of the molecule is FC(F)(F)c1ccn(-c2c(Cl)ccc(COc3ccc(-c4ccccc4Oc4ccccc4)cc3)c2Cl)n1. The third-order valence-electron chi connectivity index (χ3n) is 5.67. The molecule has 0 aliphatic rings. The van der Waals surface area contributed by atoms with E-state index < -0.39 is 11.9 Å². The first-order valence-electron chi connectivity index (χ1n) is 11.4. The van der Waals surface area contributed by atoms with Crippen LogP contribution in [0.15, 0.2) is 103 Å². The second-order valence-corrected chi connectivity index (χ2v) is 9.02. The number of aromatic nitrogens is 2. The van der Waals surface area contributed by atoms with Gasteiger partial charge in [0.15, 0.2) is 5.69 Å². The van der Waals surface area contributed by atoms with E-state index in [9.17, 15) is 13.2 Å². The van der Waals surface area contributed by atoms with E-state index in [1.165, 1.54) is 6.20 Å². The summed E-state index contributed by atoms with van der Waals surface area (Å²) in [4.78, 5) is 0. The Morgan fingerprint density at radius 3 is 2.18 bits per heavy atom. The van der Waals surface area contributed by atoms with Crippen LogP contribution in [-0.4, -0.2) is 9.78 Å². The highest BCUT2D eigenvalue weighted by Gasteiger charge is 2.34. The molecule has 5 aromatic rings. The second kappa shape index (κ2) is 10.8.